The Morgan fingerprint density at radius 3 is 2.15 bits per heavy atom. The summed E-state index contributed by atoms with van der Waals surface area (Å²) in [5.74, 6) is 0.316. The number of phenolic OH excluding ortho intramolecular Hbond substituents is 1. The zero-order valence-corrected chi connectivity index (χ0v) is 20.5. The minimum atomic E-state index is 0.113. The summed E-state index contributed by atoms with van der Waals surface area (Å²) in [5, 5.41) is 10.2. The topological polar surface area (TPSA) is 30.0 Å². The van der Waals surface area contributed by atoms with Crippen LogP contribution >= 0.6 is 0 Å². The van der Waals surface area contributed by atoms with E-state index in [1.165, 1.54) is 11.1 Å². The van der Waals surface area contributed by atoms with Gasteiger partial charge in [-0.15, -0.1) is 0 Å². The van der Waals surface area contributed by atoms with Crippen molar-refractivity contribution in [1.82, 2.24) is 14.7 Å². The summed E-state index contributed by atoms with van der Waals surface area (Å²) in [6, 6.07) is 27.4. The second-order valence-electron chi connectivity index (χ2n) is 9.04. The van der Waals surface area contributed by atoms with Gasteiger partial charge in [0.05, 0.1) is 6.04 Å². The summed E-state index contributed by atoms with van der Waals surface area (Å²) in [6.45, 7) is 15.6. The first-order chi connectivity index (χ1) is 16.6. The molecule has 1 aliphatic heterocycles. The Kier molecular flexibility index (Phi) is 8.04. The maximum atomic E-state index is 10.2. The molecular weight excluding hydrogens is 418 g/mol. The van der Waals surface area contributed by atoms with Crippen LogP contribution in [0.5, 0.6) is 5.75 Å². The highest BCUT2D eigenvalue weighted by Crippen LogP contribution is 2.32. The van der Waals surface area contributed by atoms with Crippen molar-refractivity contribution in [3.8, 4) is 5.75 Å². The number of nitrogens with zero attached hydrogens (tertiary/aromatic N) is 3. The molecule has 3 aromatic carbocycles. The van der Waals surface area contributed by atoms with Crippen LogP contribution in [0.15, 0.2) is 85.4 Å². The second kappa shape index (κ2) is 11.4. The van der Waals surface area contributed by atoms with Gasteiger partial charge in [-0.2, -0.15) is 0 Å². The van der Waals surface area contributed by atoms with Crippen LogP contribution in [0.25, 0.3) is 5.70 Å². The lowest BCUT2D eigenvalue weighted by Crippen LogP contribution is -2.47. The molecule has 4 nitrogen and oxygen atoms in total. The van der Waals surface area contributed by atoms with Crippen LogP contribution in [-0.2, 0) is 6.54 Å². The van der Waals surface area contributed by atoms with Gasteiger partial charge in [0.2, 0.25) is 0 Å². The first-order valence-electron chi connectivity index (χ1n) is 12.4. The van der Waals surface area contributed by atoms with E-state index in [9.17, 15) is 5.11 Å². The van der Waals surface area contributed by atoms with E-state index in [0.717, 1.165) is 62.6 Å². The molecular formula is C30H37N3O. The van der Waals surface area contributed by atoms with E-state index in [1.807, 2.05) is 12.1 Å². The van der Waals surface area contributed by atoms with Crippen molar-refractivity contribution >= 4 is 5.70 Å². The third kappa shape index (κ3) is 5.69. The number of rotatable bonds is 9. The molecule has 0 saturated carbocycles. The van der Waals surface area contributed by atoms with Crippen LogP contribution < -0.4 is 0 Å². The average molecular weight is 456 g/mol. The van der Waals surface area contributed by atoms with Gasteiger partial charge < -0.3 is 10.0 Å². The number of hydrogen-bond donors (Lipinski definition) is 1. The normalized spacial score (nSPS) is 15.7. The average Bonchev–Trinajstić information content (AvgIpc) is 2.87. The number of hydrogen-bond acceptors (Lipinski definition) is 4. The largest absolute Gasteiger partial charge is 0.508 e. The van der Waals surface area contributed by atoms with E-state index in [4.69, 9.17) is 0 Å². The summed E-state index contributed by atoms with van der Waals surface area (Å²) in [4.78, 5) is 7.36. The fourth-order valence-corrected chi connectivity index (χ4v) is 4.98. The van der Waals surface area contributed by atoms with Crippen LogP contribution in [0.3, 0.4) is 0 Å². The van der Waals surface area contributed by atoms with E-state index in [-0.39, 0.29) is 6.04 Å². The Labute approximate surface area is 204 Å². The highest BCUT2D eigenvalue weighted by Gasteiger charge is 2.27. The summed E-state index contributed by atoms with van der Waals surface area (Å²) in [6.07, 6.45) is 0. The molecule has 1 saturated heterocycles. The summed E-state index contributed by atoms with van der Waals surface area (Å²) in [5.41, 5.74) is 5.98. The highest BCUT2D eigenvalue weighted by atomic mass is 16.3. The van der Waals surface area contributed by atoms with Crippen molar-refractivity contribution in [2.45, 2.75) is 26.4 Å². The molecule has 0 spiro atoms. The van der Waals surface area contributed by atoms with Crippen molar-refractivity contribution in [2.24, 2.45) is 0 Å². The monoisotopic (exact) mass is 455 g/mol. The molecule has 3 aromatic rings. The molecule has 0 aromatic heterocycles. The van der Waals surface area contributed by atoms with Crippen molar-refractivity contribution in [1.29, 1.82) is 0 Å². The summed E-state index contributed by atoms with van der Waals surface area (Å²) < 4.78 is 0. The zero-order valence-electron chi connectivity index (χ0n) is 20.5. The molecule has 178 valence electrons. The maximum absolute atomic E-state index is 10.2. The minimum Gasteiger partial charge on any atom is -0.508 e. The Balaban J connectivity index is 1.53. The fourth-order valence-electron chi connectivity index (χ4n) is 4.98. The Bertz CT molecular complexity index is 1050. The molecule has 0 bridgehead atoms. The molecule has 1 atom stereocenters. The zero-order chi connectivity index (χ0) is 23.9. The molecule has 1 aliphatic rings. The van der Waals surface area contributed by atoms with Gasteiger partial charge in [0.25, 0.3) is 0 Å². The van der Waals surface area contributed by atoms with Gasteiger partial charge in [-0.05, 0) is 48.2 Å². The van der Waals surface area contributed by atoms with Gasteiger partial charge in [0.1, 0.15) is 5.75 Å². The van der Waals surface area contributed by atoms with Crippen LogP contribution in [-0.4, -0.2) is 59.1 Å². The van der Waals surface area contributed by atoms with Crippen molar-refractivity contribution in [2.75, 3.05) is 39.3 Å². The predicted molar refractivity (Wildman–Crippen MR) is 142 cm³/mol. The van der Waals surface area contributed by atoms with Crippen LogP contribution in [0.4, 0.5) is 0 Å². The van der Waals surface area contributed by atoms with Gasteiger partial charge in [-0.1, -0.05) is 73.3 Å². The second-order valence-corrected chi connectivity index (χ2v) is 9.04. The van der Waals surface area contributed by atoms with Crippen molar-refractivity contribution < 1.29 is 5.11 Å². The van der Waals surface area contributed by atoms with Crippen LogP contribution in [0.1, 0.15) is 42.1 Å². The summed E-state index contributed by atoms with van der Waals surface area (Å²) in [7, 11) is 0. The molecule has 1 N–H and O–H groups in total. The maximum Gasteiger partial charge on any atom is 0.115 e. The van der Waals surface area contributed by atoms with E-state index in [2.05, 4.69) is 95.8 Å². The third-order valence-electron chi connectivity index (χ3n) is 6.91. The number of aromatic hydroxyl groups is 1. The Morgan fingerprint density at radius 2 is 1.53 bits per heavy atom. The van der Waals surface area contributed by atoms with Gasteiger partial charge in [-0.25, -0.2) is 0 Å². The van der Waals surface area contributed by atoms with E-state index in [0.29, 0.717) is 5.75 Å². The van der Waals surface area contributed by atoms with Crippen molar-refractivity contribution in [3.63, 3.8) is 0 Å². The van der Waals surface area contributed by atoms with Gasteiger partial charge in [0.15, 0.2) is 0 Å². The van der Waals surface area contributed by atoms with E-state index >= 15 is 0 Å². The predicted octanol–water partition coefficient (Wildman–Crippen LogP) is 5.61. The van der Waals surface area contributed by atoms with Crippen LogP contribution in [0, 0.1) is 0 Å². The lowest BCUT2D eigenvalue weighted by Gasteiger charge is -2.40. The number of piperazine rings is 1. The van der Waals surface area contributed by atoms with E-state index < -0.39 is 0 Å². The smallest absolute Gasteiger partial charge is 0.115 e. The quantitative estimate of drug-likeness (QED) is 0.454. The molecule has 1 unspecified atom stereocenters. The number of phenols is 1. The van der Waals surface area contributed by atoms with Gasteiger partial charge >= 0.3 is 0 Å². The molecule has 0 amide bonds. The van der Waals surface area contributed by atoms with Gasteiger partial charge in [-0.3, -0.25) is 9.80 Å². The fraction of sp³-hybridized carbons (Fsp3) is 0.333. The minimum absolute atomic E-state index is 0.113. The Hall–Kier alpha value is -3.08. The molecule has 4 heteroatoms. The lowest BCUT2D eigenvalue weighted by atomic mass is 9.94. The molecule has 0 aliphatic carbocycles. The molecule has 4 rings (SSSR count). The highest BCUT2D eigenvalue weighted by molar-refractivity contribution is 5.62. The molecule has 1 heterocycles. The van der Waals surface area contributed by atoms with E-state index in [1.54, 1.807) is 6.07 Å². The first-order valence-corrected chi connectivity index (χ1v) is 12.4. The number of benzene rings is 3. The molecule has 0 radical (unpaired) electrons. The lowest BCUT2D eigenvalue weighted by molar-refractivity contribution is 0.105. The molecule has 1 fully saturated rings. The SMILES string of the molecule is C=C(c1ccc(C(c2cccc(O)c2)N2CCN(Cc3ccccc3)CC2)cc1)N(CC)CC. The van der Waals surface area contributed by atoms with Crippen LogP contribution in [0.2, 0.25) is 0 Å². The van der Waals surface area contributed by atoms with Crippen molar-refractivity contribution in [3.05, 3.63) is 108 Å². The Morgan fingerprint density at radius 1 is 0.853 bits per heavy atom. The molecule has 34 heavy (non-hydrogen) atoms. The summed E-state index contributed by atoms with van der Waals surface area (Å²) >= 11 is 0. The third-order valence-corrected chi connectivity index (χ3v) is 6.91. The first kappa shape index (κ1) is 24.1. The standard InChI is InChI=1S/C30H37N3O/c1-4-32(5-2)24(3)26-14-16-27(17-15-26)30(28-12-9-13-29(34)22-28)33-20-18-31(19-21-33)23-25-10-7-6-8-11-25/h6-17,22,30,34H,3-5,18-21,23H2,1-2H3. The van der Waals surface area contributed by atoms with Gasteiger partial charge in [0, 0.05) is 51.5 Å².